The van der Waals surface area contributed by atoms with Crippen LogP contribution >= 0.6 is 11.8 Å². The Kier molecular flexibility index (Phi) is 3.21. The van der Waals surface area contributed by atoms with Gasteiger partial charge in [0.15, 0.2) is 5.82 Å². The van der Waals surface area contributed by atoms with Crippen LogP contribution in [0.4, 0.5) is 11.8 Å². The molecule has 0 atom stereocenters. The molecule has 0 saturated carbocycles. The van der Waals surface area contributed by atoms with Crippen molar-refractivity contribution in [1.82, 2.24) is 9.97 Å². The smallest absolute Gasteiger partial charge is 0.232 e. The minimum atomic E-state index is -0.132. The number of anilines is 2. The van der Waals surface area contributed by atoms with E-state index in [-0.39, 0.29) is 18.4 Å². The van der Waals surface area contributed by atoms with Gasteiger partial charge in [0.2, 0.25) is 11.8 Å². The van der Waals surface area contributed by atoms with Gasteiger partial charge in [-0.15, -0.1) is 0 Å². The highest BCUT2D eigenvalue weighted by Gasteiger charge is 2.28. The second-order valence-electron chi connectivity index (χ2n) is 3.32. The van der Waals surface area contributed by atoms with Crippen LogP contribution in [-0.4, -0.2) is 33.3 Å². The summed E-state index contributed by atoms with van der Waals surface area (Å²) in [6.45, 7) is 4.37. The lowest BCUT2D eigenvalue weighted by atomic mass is 10.4. The molecule has 90 valence electrons. The highest BCUT2D eigenvalue weighted by atomic mass is 32.2. The molecule has 0 unspecified atom stereocenters. The van der Waals surface area contributed by atoms with Crippen molar-refractivity contribution in [3.8, 4) is 5.88 Å². The van der Waals surface area contributed by atoms with Gasteiger partial charge in [0, 0.05) is 6.54 Å². The van der Waals surface area contributed by atoms with Crippen LogP contribution in [0.2, 0.25) is 0 Å². The van der Waals surface area contributed by atoms with Gasteiger partial charge in [0.25, 0.3) is 0 Å². The Morgan fingerprint density at radius 2 is 2.18 bits per heavy atom. The average Bonchev–Trinajstić information content (AvgIpc) is 2.57. The number of nitrogens with zero attached hydrogens (tertiary/aromatic N) is 3. The van der Waals surface area contributed by atoms with Crippen molar-refractivity contribution >= 4 is 23.5 Å². The summed E-state index contributed by atoms with van der Waals surface area (Å²) in [5, 5.41) is 19.0. The molecule has 0 aromatic carbocycles. The summed E-state index contributed by atoms with van der Waals surface area (Å²) >= 11 is 1.30. The Labute approximate surface area is 102 Å². The van der Waals surface area contributed by atoms with Crippen LogP contribution in [-0.2, 0) is 0 Å². The van der Waals surface area contributed by atoms with E-state index in [0.29, 0.717) is 17.3 Å². The standard InChI is InChI=1S/C10H12N4O2S/c1-6-14(4-2-3-5-15)8-7(17-6)9(16)13-10(11)12-8/h2-3,15H,1,4-5H2,(H3,11,12,13,16)/b3-2+. The molecular weight excluding hydrogens is 240 g/mol. The molecule has 7 heteroatoms. The number of aromatic nitrogens is 2. The first kappa shape index (κ1) is 11.7. The molecule has 1 aliphatic heterocycles. The van der Waals surface area contributed by atoms with Crippen LogP contribution in [0.5, 0.6) is 5.88 Å². The molecule has 4 N–H and O–H groups in total. The van der Waals surface area contributed by atoms with E-state index in [1.54, 1.807) is 17.1 Å². The van der Waals surface area contributed by atoms with Crippen molar-refractivity contribution in [3.63, 3.8) is 0 Å². The van der Waals surface area contributed by atoms with E-state index in [4.69, 9.17) is 10.8 Å². The monoisotopic (exact) mass is 252 g/mol. The Hall–Kier alpha value is -1.73. The van der Waals surface area contributed by atoms with E-state index < -0.39 is 0 Å². The van der Waals surface area contributed by atoms with E-state index in [0.717, 1.165) is 5.03 Å². The summed E-state index contributed by atoms with van der Waals surface area (Å²) in [4.78, 5) is 10.1. The number of aromatic hydroxyl groups is 1. The van der Waals surface area contributed by atoms with E-state index in [1.165, 1.54) is 11.8 Å². The predicted molar refractivity (Wildman–Crippen MR) is 66.7 cm³/mol. The Morgan fingerprint density at radius 1 is 1.41 bits per heavy atom. The molecular formula is C10H12N4O2S. The number of hydrogen-bond acceptors (Lipinski definition) is 7. The molecule has 1 aromatic heterocycles. The molecule has 17 heavy (non-hydrogen) atoms. The maximum atomic E-state index is 9.64. The molecule has 0 bridgehead atoms. The van der Waals surface area contributed by atoms with Gasteiger partial charge in [-0.25, -0.2) is 0 Å². The molecule has 6 nitrogen and oxygen atoms in total. The van der Waals surface area contributed by atoms with Gasteiger partial charge >= 0.3 is 0 Å². The molecule has 1 aliphatic rings. The summed E-state index contributed by atoms with van der Waals surface area (Å²) in [7, 11) is 0. The number of rotatable bonds is 3. The summed E-state index contributed by atoms with van der Waals surface area (Å²) in [6, 6.07) is 0. The van der Waals surface area contributed by atoms with Gasteiger partial charge in [0.1, 0.15) is 4.90 Å². The molecule has 0 amide bonds. The molecule has 2 rings (SSSR count). The van der Waals surface area contributed by atoms with E-state index in [1.807, 2.05) is 0 Å². The predicted octanol–water partition coefficient (Wildman–Crippen LogP) is 0.696. The van der Waals surface area contributed by atoms with Gasteiger partial charge < -0.3 is 20.8 Å². The Morgan fingerprint density at radius 3 is 2.88 bits per heavy atom. The summed E-state index contributed by atoms with van der Waals surface area (Å²) in [5.41, 5.74) is 5.49. The number of aliphatic hydroxyl groups excluding tert-OH is 1. The van der Waals surface area contributed by atoms with Crippen molar-refractivity contribution in [3.05, 3.63) is 23.8 Å². The van der Waals surface area contributed by atoms with Crippen LogP contribution in [0.3, 0.4) is 0 Å². The average molecular weight is 252 g/mol. The Bertz CT molecular complexity index is 489. The first-order valence-corrected chi connectivity index (χ1v) is 5.71. The number of nitrogen functional groups attached to an aromatic ring is 1. The van der Waals surface area contributed by atoms with Crippen LogP contribution in [0, 0.1) is 0 Å². The van der Waals surface area contributed by atoms with E-state index >= 15 is 0 Å². The summed E-state index contributed by atoms with van der Waals surface area (Å²) in [6.07, 6.45) is 3.41. The quantitative estimate of drug-likeness (QED) is 0.681. The van der Waals surface area contributed by atoms with Crippen molar-refractivity contribution in [2.24, 2.45) is 0 Å². The highest BCUT2D eigenvalue weighted by molar-refractivity contribution is 8.03. The van der Waals surface area contributed by atoms with Gasteiger partial charge in [-0.1, -0.05) is 30.5 Å². The normalized spacial score (nSPS) is 14.6. The summed E-state index contributed by atoms with van der Waals surface area (Å²) in [5.74, 6) is 0.438. The topological polar surface area (TPSA) is 95.5 Å². The second-order valence-corrected chi connectivity index (χ2v) is 4.40. The van der Waals surface area contributed by atoms with Crippen molar-refractivity contribution in [2.45, 2.75) is 4.90 Å². The zero-order valence-electron chi connectivity index (χ0n) is 9.00. The molecule has 0 spiro atoms. The molecule has 0 aliphatic carbocycles. The van der Waals surface area contributed by atoms with Crippen LogP contribution in [0.15, 0.2) is 28.7 Å². The third-order valence-corrected chi connectivity index (χ3v) is 3.21. The van der Waals surface area contributed by atoms with Gasteiger partial charge in [0.05, 0.1) is 11.6 Å². The molecule has 2 heterocycles. The minimum Gasteiger partial charge on any atom is -0.492 e. The maximum absolute atomic E-state index is 9.64. The van der Waals surface area contributed by atoms with Crippen molar-refractivity contribution in [2.75, 3.05) is 23.8 Å². The zero-order valence-corrected chi connectivity index (χ0v) is 9.81. The zero-order chi connectivity index (χ0) is 12.4. The highest BCUT2D eigenvalue weighted by Crippen LogP contribution is 2.47. The minimum absolute atomic E-state index is 0.0164. The number of fused-ring (bicyclic) bond motifs is 1. The number of hydrogen-bond donors (Lipinski definition) is 3. The fourth-order valence-corrected chi connectivity index (χ4v) is 2.34. The fourth-order valence-electron chi connectivity index (χ4n) is 1.45. The molecule has 1 aromatic rings. The lowest BCUT2D eigenvalue weighted by Gasteiger charge is -2.16. The van der Waals surface area contributed by atoms with Crippen LogP contribution < -0.4 is 10.6 Å². The van der Waals surface area contributed by atoms with E-state index in [2.05, 4.69) is 16.5 Å². The Balaban J connectivity index is 2.33. The van der Waals surface area contributed by atoms with Gasteiger partial charge in [-0.3, -0.25) is 0 Å². The third-order valence-electron chi connectivity index (χ3n) is 2.18. The largest absolute Gasteiger partial charge is 0.492 e. The number of aliphatic hydroxyl groups is 1. The molecule has 0 radical (unpaired) electrons. The lowest BCUT2D eigenvalue weighted by Crippen LogP contribution is -2.18. The van der Waals surface area contributed by atoms with Crippen molar-refractivity contribution < 1.29 is 10.2 Å². The molecule has 0 fully saturated rings. The SMILES string of the molecule is C=C1Sc2c(O)nc(N)nc2N1C/C=C/CO. The fraction of sp³-hybridized carbons (Fsp3) is 0.200. The number of thioether (sulfide) groups is 1. The van der Waals surface area contributed by atoms with Crippen LogP contribution in [0.25, 0.3) is 0 Å². The third kappa shape index (κ3) is 2.20. The number of nitrogens with two attached hydrogens (primary N) is 1. The van der Waals surface area contributed by atoms with Crippen molar-refractivity contribution in [1.29, 1.82) is 0 Å². The van der Waals surface area contributed by atoms with E-state index in [9.17, 15) is 5.11 Å². The van der Waals surface area contributed by atoms with Crippen LogP contribution in [0.1, 0.15) is 0 Å². The maximum Gasteiger partial charge on any atom is 0.232 e. The van der Waals surface area contributed by atoms with Gasteiger partial charge in [-0.2, -0.15) is 9.97 Å². The lowest BCUT2D eigenvalue weighted by molar-refractivity contribution is 0.342. The second kappa shape index (κ2) is 4.64. The van der Waals surface area contributed by atoms with Gasteiger partial charge in [-0.05, 0) is 0 Å². The molecule has 0 saturated heterocycles. The summed E-state index contributed by atoms with van der Waals surface area (Å²) < 4.78 is 0. The first-order chi connectivity index (χ1) is 8.13. The first-order valence-electron chi connectivity index (χ1n) is 4.90.